The first-order valence-corrected chi connectivity index (χ1v) is 6.01. The second-order valence-corrected chi connectivity index (χ2v) is 3.76. The lowest BCUT2D eigenvalue weighted by atomic mass is 10.3. The number of amides is 1. The monoisotopic (exact) mass is 237 g/mol. The predicted molar refractivity (Wildman–Crippen MR) is 66.0 cm³/mol. The van der Waals surface area contributed by atoms with Gasteiger partial charge in [-0.15, -0.1) is 0 Å². The van der Waals surface area contributed by atoms with Crippen LogP contribution in [0.5, 0.6) is 0 Å². The van der Waals surface area contributed by atoms with E-state index in [1.807, 2.05) is 20.8 Å². The van der Waals surface area contributed by atoms with E-state index in [0.29, 0.717) is 25.3 Å². The van der Waals surface area contributed by atoms with Crippen LogP contribution in [0.25, 0.3) is 0 Å². The van der Waals surface area contributed by atoms with Gasteiger partial charge in [0.05, 0.1) is 0 Å². The Hall–Kier alpha value is -1.65. The summed E-state index contributed by atoms with van der Waals surface area (Å²) in [6.07, 6.45) is 0.815. The number of aromatic nitrogens is 2. The standard InChI is InChI=1S/C12H19N3O2/c1-4-9-15-11(16)8-7-10(13-15)12(17)14(5-2)6-3/h7-8H,4-6,9H2,1-3H3. The zero-order valence-corrected chi connectivity index (χ0v) is 10.6. The fraction of sp³-hybridized carbons (Fsp3) is 0.583. The van der Waals surface area contributed by atoms with E-state index in [1.54, 1.807) is 4.90 Å². The van der Waals surface area contributed by atoms with Crippen LogP contribution >= 0.6 is 0 Å². The van der Waals surface area contributed by atoms with Gasteiger partial charge in [0.25, 0.3) is 11.5 Å². The lowest BCUT2D eigenvalue weighted by molar-refractivity contribution is 0.0764. The maximum Gasteiger partial charge on any atom is 0.274 e. The summed E-state index contributed by atoms with van der Waals surface area (Å²) in [5, 5.41) is 4.09. The number of aryl methyl sites for hydroxylation is 1. The van der Waals surface area contributed by atoms with E-state index in [4.69, 9.17) is 0 Å². The molecule has 0 fully saturated rings. The molecule has 0 saturated heterocycles. The van der Waals surface area contributed by atoms with Crippen molar-refractivity contribution in [2.45, 2.75) is 33.7 Å². The van der Waals surface area contributed by atoms with E-state index < -0.39 is 0 Å². The minimum atomic E-state index is -0.164. The van der Waals surface area contributed by atoms with Crippen LogP contribution in [0.3, 0.4) is 0 Å². The van der Waals surface area contributed by atoms with Gasteiger partial charge in [0.2, 0.25) is 0 Å². The third-order valence-electron chi connectivity index (χ3n) is 2.57. The molecule has 1 amide bonds. The first kappa shape index (κ1) is 13.4. The predicted octanol–water partition coefficient (Wildman–Crippen LogP) is 1.14. The minimum absolute atomic E-state index is 0.125. The molecule has 94 valence electrons. The summed E-state index contributed by atoms with van der Waals surface area (Å²) in [4.78, 5) is 25.2. The average Bonchev–Trinajstić information content (AvgIpc) is 2.33. The molecule has 0 aliphatic carbocycles. The van der Waals surface area contributed by atoms with E-state index in [9.17, 15) is 9.59 Å². The molecule has 0 unspecified atom stereocenters. The van der Waals surface area contributed by atoms with Crippen LogP contribution < -0.4 is 5.56 Å². The van der Waals surface area contributed by atoms with Crippen LogP contribution in [0.2, 0.25) is 0 Å². The van der Waals surface area contributed by atoms with Crippen molar-refractivity contribution in [3.63, 3.8) is 0 Å². The molecular weight excluding hydrogens is 218 g/mol. The highest BCUT2D eigenvalue weighted by molar-refractivity contribution is 5.92. The molecular formula is C12H19N3O2. The molecule has 5 nitrogen and oxygen atoms in total. The average molecular weight is 237 g/mol. The van der Waals surface area contributed by atoms with Gasteiger partial charge in [0, 0.05) is 25.7 Å². The van der Waals surface area contributed by atoms with Gasteiger partial charge in [-0.3, -0.25) is 9.59 Å². The summed E-state index contributed by atoms with van der Waals surface area (Å²) in [5.41, 5.74) is 0.171. The summed E-state index contributed by atoms with van der Waals surface area (Å²) in [5.74, 6) is -0.125. The van der Waals surface area contributed by atoms with Gasteiger partial charge in [0.1, 0.15) is 5.69 Å². The molecule has 0 aromatic carbocycles. The number of carbonyl (C=O) groups excluding carboxylic acids is 1. The quantitative estimate of drug-likeness (QED) is 0.771. The lowest BCUT2D eigenvalue weighted by Gasteiger charge is -2.18. The lowest BCUT2D eigenvalue weighted by Crippen LogP contribution is -2.33. The topological polar surface area (TPSA) is 55.2 Å². The van der Waals surface area contributed by atoms with Crippen LogP contribution in [0, 0.1) is 0 Å². The fourth-order valence-electron chi connectivity index (χ4n) is 1.61. The van der Waals surface area contributed by atoms with E-state index in [-0.39, 0.29) is 11.5 Å². The van der Waals surface area contributed by atoms with Gasteiger partial charge in [-0.05, 0) is 26.3 Å². The van der Waals surface area contributed by atoms with Gasteiger partial charge in [-0.25, -0.2) is 4.68 Å². The molecule has 0 aliphatic rings. The van der Waals surface area contributed by atoms with Crippen molar-refractivity contribution in [2.24, 2.45) is 0 Å². The molecule has 1 heterocycles. The van der Waals surface area contributed by atoms with Gasteiger partial charge < -0.3 is 4.90 Å². The molecule has 1 aromatic heterocycles. The third kappa shape index (κ3) is 3.15. The van der Waals surface area contributed by atoms with Crippen LogP contribution in [0.4, 0.5) is 0 Å². The summed E-state index contributed by atoms with van der Waals surface area (Å²) < 4.78 is 1.34. The van der Waals surface area contributed by atoms with Gasteiger partial charge in [-0.1, -0.05) is 6.92 Å². The van der Waals surface area contributed by atoms with Crippen molar-refractivity contribution in [2.75, 3.05) is 13.1 Å². The van der Waals surface area contributed by atoms with Gasteiger partial charge in [0.15, 0.2) is 0 Å². The smallest absolute Gasteiger partial charge is 0.274 e. The Morgan fingerprint density at radius 2 is 1.94 bits per heavy atom. The van der Waals surface area contributed by atoms with Crippen molar-refractivity contribution in [3.05, 3.63) is 28.2 Å². The number of hydrogen-bond donors (Lipinski definition) is 0. The maximum atomic E-state index is 12.0. The second-order valence-electron chi connectivity index (χ2n) is 3.76. The third-order valence-corrected chi connectivity index (χ3v) is 2.57. The van der Waals surface area contributed by atoms with Crippen LogP contribution in [0.15, 0.2) is 16.9 Å². The number of carbonyl (C=O) groups is 1. The zero-order chi connectivity index (χ0) is 12.8. The molecule has 0 radical (unpaired) electrons. The molecule has 0 saturated carbocycles. The van der Waals surface area contributed by atoms with Crippen molar-refractivity contribution < 1.29 is 4.79 Å². The molecule has 0 atom stereocenters. The Morgan fingerprint density at radius 1 is 1.29 bits per heavy atom. The highest BCUT2D eigenvalue weighted by atomic mass is 16.2. The molecule has 0 aliphatic heterocycles. The Labute approximate surface area is 101 Å². The highest BCUT2D eigenvalue weighted by Crippen LogP contribution is 1.99. The van der Waals surface area contributed by atoms with E-state index in [2.05, 4.69) is 5.10 Å². The molecule has 17 heavy (non-hydrogen) atoms. The molecule has 1 aromatic rings. The van der Waals surface area contributed by atoms with Crippen molar-refractivity contribution in [1.82, 2.24) is 14.7 Å². The van der Waals surface area contributed by atoms with Crippen LogP contribution in [-0.2, 0) is 6.54 Å². The summed E-state index contributed by atoms with van der Waals surface area (Å²) in [6.45, 7) is 7.63. The van der Waals surface area contributed by atoms with Gasteiger partial charge in [-0.2, -0.15) is 5.10 Å². The fourth-order valence-corrected chi connectivity index (χ4v) is 1.61. The highest BCUT2D eigenvalue weighted by Gasteiger charge is 2.14. The Morgan fingerprint density at radius 3 is 2.47 bits per heavy atom. The zero-order valence-electron chi connectivity index (χ0n) is 10.6. The van der Waals surface area contributed by atoms with Crippen LogP contribution in [-0.4, -0.2) is 33.7 Å². The molecule has 0 N–H and O–H groups in total. The van der Waals surface area contributed by atoms with Crippen molar-refractivity contribution in [3.8, 4) is 0 Å². The minimum Gasteiger partial charge on any atom is -0.338 e. The molecule has 0 spiro atoms. The Balaban J connectivity index is 3.02. The van der Waals surface area contributed by atoms with E-state index in [0.717, 1.165) is 6.42 Å². The molecule has 5 heteroatoms. The largest absolute Gasteiger partial charge is 0.338 e. The molecule has 1 rings (SSSR count). The van der Waals surface area contributed by atoms with Gasteiger partial charge >= 0.3 is 0 Å². The summed E-state index contributed by atoms with van der Waals surface area (Å²) in [7, 11) is 0. The first-order valence-electron chi connectivity index (χ1n) is 6.01. The number of hydrogen-bond acceptors (Lipinski definition) is 3. The number of rotatable bonds is 5. The first-order chi connectivity index (χ1) is 8.13. The van der Waals surface area contributed by atoms with E-state index >= 15 is 0 Å². The van der Waals surface area contributed by atoms with E-state index in [1.165, 1.54) is 16.8 Å². The maximum absolute atomic E-state index is 12.0. The summed E-state index contributed by atoms with van der Waals surface area (Å²) in [6, 6.07) is 2.90. The Kier molecular flexibility index (Phi) is 4.87. The summed E-state index contributed by atoms with van der Waals surface area (Å²) >= 11 is 0. The normalized spacial score (nSPS) is 10.3. The Bertz CT molecular complexity index is 436. The SMILES string of the molecule is CCCn1nc(C(=O)N(CC)CC)ccc1=O. The van der Waals surface area contributed by atoms with Crippen molar-refractivity contribution in [1.29, 1.82) is 0 Å². The number of nitrogens with zero attached hydrogens (tertiary/aromatic N) is 3. The second kappa shape index (κ2) is 6.18. The van der Waals surface area contributed by atoms with Crippen molar-refractivity contribution >= 4 is 5.91 Å². The van der Waals surface area contributed by atoms with Crippen LogP contribution in [0.1, 0.15) is 37.7 Å². The molecule has 0 bridgehead atoms.